The molecule has 0 fully saturated rings. The van der Waals surface area contributed by atoms with Crippen LogP contribution in [0.2, 0.25) is 0 Å². The molecular weight excluding hydrogens is 831 g/mol. The second kappa shape index (κ2) is 59.9. The van der Waals surface area contributed by atoms with Crippen LogP contribution in [0.25, 0.3) is 0 Å². The highest BCUT2D eigenvalue weighted by Crippen LogP contribution is 2.18. The summed E-state index contributed by atoms with van der Waals surface area (Å²) in [6, 6.07) is -0.639. The van der Waals surface area contributed by atoms with Gasteiger partial charge >= 0.3 is 0 Å². The van der Waals surface area contributed by atoms with Crippen molar-refractivity contribution in [1.82, 2.24) is 5.32 Å². The van der Waals surface area contributed by atoms with Crippen LogP contribution in [-0.2, 0) is 4.79 Å². The Hall–Kier alpha value is -1.39. The minimum absolute atomic E-state index is 0.0678. The molecule has 0 saturated heterocycles. The predicted molar refractivity (Wildman–Crippen MR) is 304 cm³/mol. The van der Waals surface area contributed by atoms with Gasteiger partial charge in [0.25, 0.3) is 0 Å². The van der Waals surface area contributed by atoms with E-state index >= 15 is 0 Å². The molecule has 0 saturated carbocycles. The van der Waals surface area contributed by atoms with E-state index in [4.69, 9.17) is 0 Å². The normalized spacial score (nSPS) is 12.9. The third-order valence-electron chi connectivity index (χ3n) is 14.6. The molecule has 0 aromatic carbocycles. The number of carbonyl (C=O) groups excluding carboxylic acids is 1. The molecule has 0 aliphatic carbocycles. The highest BCUT2D eigenvalue weighted by Gasteiger charge is 2.18. The third kappa shape index (κ3) is 55.5. The second-order valence-electron chi connectivity index (χ2n) is 21.5. The van der Waals surface area contributed by atoms with Crippen LogP contribution in [0, 0.1) is 0 Å². The number of hydrogen-bond acceptors (Lipinski definition) is 3. The van der Waals surface area contributed by atoms with Crippen LogP contribution in [-0.4, -0.2) is 34.9 Å². The van der Waals surface area contributed by atoms with E-state index in [9.17, 15) is 15.0 Å². The first-order chi connectivity index (χ1) is 33.7. The van der Waals surface area contributed by atoms with Crippen LogP contribution in [0.4, 0.5) is 0 Å². The number of amides is 1. The van der Waals surface area contributed by atoms with E-state index in [0.717, 1.165) is 32.1 Å². The number of aliphatic hydroxyl groups is 2. The Morgan fingerprint density at radius 2 is 0.574 bits per heavy atom. The number of unbranched alkanes of at least 4 members (excludes halogenated alkanes) is 47. The van der Waals surface area contributed by atoms with Crippen LogP contribution in [0.1, 0.15) is 348 Å². The average molecular weight is 955 g/mol. The van der Waals surface area contributed by atoms with Gasteiger partial charge in [-0.2, -0.15) is 0 Å². The average Bonchev–Trinajstić information content (AvgIpc) is 3.34. The molecule has 0 bridgehead atoms. The standard InChI is InChI=1S/C64H123NO3/c1-3-5-7-9-11-13-15-17-19-21-23-25-27-29-31-32-34-35-37-39-41-43-45-47-49-51-53-55-57-59-63(67)62(61-66)65-64(68)60-58-56-54-52-50-48-46-44-42-40-38-36-33-30-28-26-24-22-20-18-16-14-12-10-8-6-4-2/h22,24,49,51,57,59,62-63,66-67H,3-21,23,25-48,50,52-56,58,60-61H2,1-2H3,(H,65,68)/b24-22-,51-49+,59-57+. The zero-order chi connectivity index (χ0) is 49.2. The van der Waals surface area contributed by atoms with E-state index in [2.05, 4.69) is 43.5 Å². The fourth-order valence-corrected chi connectivity index (χ4v) is 9.84. The molecule has 68 heavy (non-hydrogen) atoms. The SMILES string of the molecule is CCCCCCCCCC/C=C\CCCCCCCCCCCCCCCCCC(=O)NC(CO)C(O)/C=C/CC/C=C/CCCCCCCCCCCCCCCCCCCCCCCCC. The van der Waals surface area contributed by atoms with Crippen LogP contribution >= 0.6 is 0 Å². The third-order valence-corrected chi connectivity index (χ3v) is 14.6. The van der Waals surface area contributed by atoms with Gasteiger partial charge in [-0.05, 0) is 57.8 Å². The molecule has 0 spiro atoms. The summed E-state index contributed by atoms with van der Waals surface area (Å²) < 4.78 is 0. The molecule has 0 radical (unpaired) electrons. The summed E-state index contributed by atoms with van der Waals surface area (Å²) in [7, 11) is 0. The molecule has 0 aliphatic heterocycles. The smallest absolute Gasteiger partial charge is 0.220 e. The number of aliphatic hydroxyl groups excluding tert-OH is 2. The molecule has 1 amide bonds. The van der Waals surface area contributed by atoms with Crippen molar-refractivity contribution in [3.8, 4) is 0 Å². The van der Waals surface area contributed by atoms with Crippen LogP contribution in [0.15, 0.2) is 36.5 Å². The minimum Gasteiger partial charge on any atom is -0.394 e. The Morgan fingerprint density at radius 3 is 0.853 bits per heavy atom. The number of allylic oxidation sites excluding steroid dienone is 5. The number of carbonyl (C=O) groups is 1. The van der Waals surface area contributed by atoms with Crippen LogP contribution in [0.3, 0.4) is 0 Å². The first kappa shape index (κ1) is 66.6. The summed E-state index contributed by atoms with van der Waals surface area (Å²) in [5, 5.41) is 23.2. The van der Waals surface area contributed by atoms with E-state index in [0.29, 0.717) is 6.42 Å². The summed E-state index contributed by atoms with van der Waals surface area (Å²) in [5.74, 6) is -0.0678. The number of hydrogen-bond donors (Lipinski definition) is 3. The van der Waals surface area contributed by atoms with Gasteiger partial charge in [-0.25, -0.2) is 0 Å². The molecule has 0 rings (SSSR count). The van der Waals surface area contributed by atoms with Crippen LogP contribution < -0.4 is 5.32 Å². The van der Waals surface area contributed by atoms with Crippen molar-refractivity contribution in [1.29, 1.82) is 0 Å². The highest BCUT2D eigenvalue weighted by molar-refractivity contribution is 5.76. The Labute approximate surface area is 427 Å². The van der Waals surface area contributed by atoms with Gasteiger partial charge in [0.1, 0.15) is 0 Å². The van der Waals surface area contributed by atoms with Crippen molar-refractivity contribution in [2.75, 3.05) is 6.61 Å². The molecule has 0 heterocycles. The molecule has 0 aliphatic rings. The largest absolute Gasteiger partial charge is 0.394 e. The van der Waals surface area contributed by atoms with Gasteiger partial charge in [0.15, 0.2) is 0 Å². The van der Waals surface area contributed by atoms with Gasteiger partial charge in [-0.1, -0.05) is 320 Å². The topological polar surface area (TPSA) is 69.6 Å². The zero-order valence-corrected chi connectivity index (χ0v) is 46.4. The minimum atomic E-state index is -0.862. The molecule has 2 unspecified atom stereocenters. The Morgan fingerprint density at radius 1 is 0.338 bits per heavy atom. The molecule has 2 atom stereocenters. The summed E-state index contributed by atoms with van der Waals surface area (Å²) in [6.45, 7) is 4.34. The van der Waals surface area contributed by atoms with Crippen molar-refractivity contribution >= 4 is 5.91 Å². The van der Waals surface area contributed by atoms with Crippen molar-refractivity contribution in [2.24, 2.45) is 0 Å². The summed E-state index contributed by atoms with van der Waals surface area (Å²) >= 11 is 0. The summed E-state index contributed by atoms with van der Waals surface area (Å²) in [5.41, 5.74) is 0. The fourth-order valence-electron chi connectivity index (χ4n) is 9.84. The lowest BCUT2D eigenvalue weighted by Gasteiger charge is -2.19. The maximum atomic E-state index is 12.5. The molecule has 4 nitrogen and oxygen atoms in total. The Bertz CT molecular complexity index is 1040. The van der Waals surface area contributed by atoms with Gasteiger partial charge in [0.2, 0.25) is 5.91 Å². The van der Waals surface area contributed by atoms with E-state index in [1.54, 1.807) is 6.08 Å². The summed E-state index contributed by atoms with van der Waals surface area (Å²) in [4.78, 5) is 12.5. The van der Waals surface area contributed by atoms with Gasteiger partial charge in [-0.15, -0.1) is 0 Å². The second-order valence-corrected chi connectivity index (χ2v) is 21.5. The lowest BCUT2D eigenvalue weighted by atomic mass is 10.0. The van der Waals surface area contributed by atoms with E-state index < -0.39 is 12.1 Å². The zero-order valence-electron chi connectivity index (χ0n) is 46.4. The predicted octanol–water partition coefficient (Wildman–Crippen LogP) is 20.8. The molecule has 3 N–H and O–H groups in total. The number of rotatable bonds is 58. The summed E-state index contributed by atoms with van der Waals surface area (Å²) in [6.07, 6.45) is 82.0. The molecule has 0 aromatic heterocycles. The van der Waals surface area contributed by atoms with Crippen molar-refractivity contribution in [3.63, 3.8) is 0 Å². The molecule has 0 aromatic rings. The van der Waals surface area contributed by atoms with Gasteiger partial charge in [0.05, 0.1) is 18.8 Å². The quantitative estimate of drug-likeness (QED) is 0.0420. The first-order valence-corrected chi connectivity index (χ1v) is 31.2. The van der Waals surface area contributed by atoms with Crippen molar-refractivity contribution in [3.05, 3.63) is 36.5 Å². The van der Waals surface area contributed by atoms with Gasteiger partial charge in [0, 0.05) is 6.42 Å². The van der Waals surface area contributed by atoms with Crippen molar-refractivity contribution < 1.29 is 15.0 Å². The Balaban J connectivity index is 3.48. The molecule has 402 valence electrons. The van der Waals surface area contributed by atoms with E-state index in [-0.39, 0.29) is 12.5 Å². The highest BCUT2D eigenvalue weighted by atomic mass is 16.3. The van der Waals surface area contributed by atoms with Crippen LogP contribution in [0.5, 0.6) is 0 Å². The maximum absolute atomic E-state index is 12.5. The van der Waals surface area contributed by atoms with Gasteiger partial charge in [-0.3, -0.25) is 4.79 Å². The lowest BCUT2D eigenvalue weighted by molar-refractivity contribution is -0.123. The Kier molecular flexibility index (Phi) is 58.7. The van der Waals surface area contributed by atoms with Crippen molar-refractivity contribution in [2.45, 2.75) is 360 Å². The van der Waals surface area contributed by atoms with E-state index in [1.165, 1.54) is 295 Å². The fraction of sp³-hybridized carbons (Fsp3) is 0.891. The number of nitrogens with one attached hydrogen (secondary N) is 1. The first-order valence-electron chi connectivity index (χ1n) is 31.2. The van der Waals surface area contributed by atoms with Gasteiger partial charge < -0.3 is 15.5 Å². The molecule has 4 heteroatoms. The maximum Gasteiger partial charge on any atom is 0.220 e. The lowest BCUT2D eigenvalue weighted by Crippen LogP contribution is -2.45. The molecular formula is C64H123NO3. The monoisotopic (exact) mass is 954 g/mol. The van der Waals surface area contributed by atoms with E-state index in [1.807, 2.05) is 6.08 Å².